The van der Waals surface area contributed by atoms with E-state index in [9.17, 15) is 9.59 Å². The quantitative estimate of drug-likeness (QED) is 0.218. The molecule has 0 saturated heterocycles. The van der Waals surface area contributed by atoms with E-state index in [2.05, 4.69) is 20.6 Å². The van der Waals surface area contributed by atoms with Crippen LogP contribution >= 0.6 is 34.4 Å². The molecule has 0 aliphatic carbocycles. The molecule has 10 heteroatoms. The van der Waals surface area contributed by atoms with Gasteiger partial charge in [0.15, 0.2) is 9.47 Å². The Morgan fingerprint density at radius 1 is 1.00 bits per heavy atom. The molecule has 36 heavy (non-hydrogen) atoms. The first kappa shape index (κ1) is 24.2. The molecular formula is C26H22N4O3S3. The maximum Gasteiger partial charge on any atom is 0.234 e. The Balaban J connectivity index is 1.14. The Labute approximate surface area is 219 Å². The van der Waals surface area contributed by atoms with Gasteiger partial charge in [-0.15, -0.1) is 11.3 Å². The van der Waals surface area contributed by atoms with E-state index in [4.69, 9.17) is 4.74 Å². The summed E-state index contributed by atoms with van der Waals surface area (Å²) in [6.45, 7) is 2.53. The lowest BCUT2D eigenvalue weighted by atomic mass is 10.1. The van der Waals surface area contributed by atoms with Crippen LogP contribution in [0.15, 0.2) is 70.4 Å². The number of hydrogen-bond donors (Lipinski definition) is 2. The van der Waals surface area contributed by atoms with Crippen LogP contribution in [-0.2, 0) is 16.0 Å². The number of carbonyl (C=O) groups is 2. The number of thioether (sulfide) groups is 1. The normalized spacial score (nSPS) is 11.0. The highest BCUT2D eigenvalue weighted by Crippen LogP contribution is 2.30. The van der Waals surface area contributed by atoms with Crippen molar-refractivity contribution >= 4 is 78.1 Å². The molecule has 0 fully saturated rings. The van der Waals surface area contributed by atoms with E-state index in [1.165, 1.54) is 34.4 Å². The maximum atomic E-state index is 12.5. The van der Waals surface area contributed by atoms with Crippen molar-refractivity contribution in [2.75, 3.05) is 23.0 Å². The molecule has 0 aliphatic rings. The minimum absolute atomic E-state index is 0.103. The maximum absolute atomic E-state index is 12.5. The van der Waals surface area contributed by atoms with E-state index in [0.29, 0.717) is 17.4 Å². The summed E-state index contributed by atoms with van der Waals surface area (Å²) < 4.78 is 7.22. The summed E-state index contributed by atoms with van der Waals surface area (Å²) in [5.41, 5.74) is 2.27. The molecule has 0 radical (unpaired) electrons. The summed E-state index contributed by atoms with van der Waals surface area (Å²) in [5.74, 6) is 0.728. The largest absolute Gasteiger partial charge is 0.494 e. The van der Waals surface area contributed by atoms with Crippen LogP contribution in [0.5, 0.6) is 5.75 Å². The highest BCUT2D eigenvalue weighted by molar-refractivity contribution is 8.01. The zero-order valence-electron chi connectivity index (χ0n) is 19.3. The summed E-state index contributed by atoms with van der Waals surface area (Å²) in [4.78, 5) is 34.0. The van der Waals surface area contributed by atoms with Gasteiger partial charge in [0, 0.05) is 16.5 Å². The SMILES string of the molecule is CCOc1ccc2nc(NC(=O)Cc3csc(SCC(=O)Nc4cccc5ccccc45)n3)sc2c1. The molecule has 2 amide bonds. The van der Waals surface area contributed by atoms with E-state index < -0.39 is 0 Å². The molecule has 0 unspecified atom stereocenters. The number of benzene rings is 3. The van der Waals surface area contributed by atoms with Gasteiger partial charge >= 0.3 is 0 Å². The van der Waals surface area contributed by atoms with E-state index in [1.807, 2.05) is 73.0 Å². The molecular weight excluding hydrogens is 513 g/mol. The fourth-order valence-electron chi connectivity index (χ4n) is 3.63. The van der Waals surface area contributed by atoms with Gasteiger partial charge in [-0.3, -0.25) is 9.59 Å². The standard InChI is InChI=1S/C26H22N4O3S3/c1-2-33-18-10-11-21-22(13-18)36-25(29-21)30-23(31)12-17-14-34-26(27-17)35-15-24(32)28-20-9-5-7-16-6-3-4-8-19(16)20/h3-11,13-14H,2,12,15H2,1H3,(H,28,32)(H,29,30,31). The van der Waals surface area contributed by atoms with Crippen molar-refractivity contribution in [3.63, 3.8) is 0 Å². The number of ether oxygens (including phenoxy) is 1. The van der Waals surface area contributed by atoms with Crippen molar-refractivity contribution in [3.8, 4) is 5.75 Å². The molecule has 2 aromatic heterocycles. The molecule has 5 rings (SSSR count). The molecule has 0 saturated carbocycles. The van der Waals surface area contributed by atoms with Gasteiger partial charge in [0.1, 0.15) is 5.75 Å². The Morgan fingerprint density at radius 2 is 1.86 bits per heavy atom. The average molecular weight is 535 g/mol. The number of nitrogens with zero attached hydrogens (tertiary/aromatic N) is 2. The molecule has 0 atom stereocenters. The van der Waals surface area contributed by atoms with Crippen molar-refractivity contribution in [2.45, 2.75) is 17.7 Å². The highest BCUT2D eigenvalue weighted by Gasteiger charge is 2.13. The van der Waals surface area contributed by atoms with E-state index in [0.717, 1.165) is 36.8 Å². The van der Waals surface area contributed by atoms with Crippen LogP contribution in [-0.4, -0.2) is 34.1 Å². The fourth-order valence-corrected chi connectivity index (χ4v) is 6.18. The molecule has 5 aromatic rings. The second-order valence-corrected chi connectivity index (χ2v) is 10.9. The minimum atomic E-state index is -0.186. The van der Waals surface area contributed by atoms with Gasteiger partial charge in [-0.1, -0.05) is 59.5 Å². The molecule has 0 spiro atoms. The van der Waals surface area contributed by atoms with Crippen LogP contribution in [0.3, 0.4) is 0 Å². The lowest BCUT2D eigenvalue weighted by molar-refractivity contribution is -0.116. The molecule has 182 valence electrons. The zero-order valence-corrected chi connectivity index (χ0v) is 21.8. The second kappa shape index (κ2) is 11.1. The number of nitrogens with one attached hydrogen (secondary N) is 2. The van der Waals surface area contributed by atoms with Gasteiger partial charge in [0.2, 0.25) is 11.8 Å². The third kappa shape index (κ3) is 5.84. The molecule has 3 aromatic carbocycles. The van der Waals surface area contributed by atoms with Gasteiger partial charge in [-0.2, -0.15) is 0 Å². The van der Waals surface area contributed by atoms with Crippen LogP contribution < -0.4 is 15.4 Å². The zero-order chi connectivity index (χ0) is 24.9. The van der Waals surface area contributed by atoms with E-state index in [-0.39, 0.29) is 24.0 Å². The number of hydrogen-bond acceptors (Lipinski definition) is 8. The number of amides is 2. The van der Waals surface area contributed by atoms with Crippen LogP contribution in [0.25, 0.3) is 21.0 Å². The average Bonchev–Trinajstić information content (AvgIpc) is 3.49. The first-order chi connectivity index (χ1) is 17.6. The Morgan fingerprint density at radius 3 is 2.75 bits per heavy atom. The number of aromatic nitrogens is 2. The fraction of sp³-hybridized carbons (Fsp3) is 0.154. The monoisotopic (exact) mass is 534 g/mol. The highest BCUT2D eigenvalue weighted by atomic mass is 32.2. The smallest absolute Gasteiger partial charge is 0.234 e. The van der Waals surface area contributed by atoms with Gasteiger partial charge in [0.25, 0.3) is 0 Å². The summed E-state index contributed by atoms with van der Waals surface area (Å²) in [7, 11) is 0. The van der Waals surface area contributed by atoms with Crippen molar-refractivity contribution in [1.29, 1.82) is 0 Å². The predicted molar refractivity (Wildman–Crippen MR) is 149 cm³/mol. The van der Waals surface area contributed by atoms with Crippen LogP contribution in [0.4, 0.5) is 10.8 Å². The Hall–Kier alpha value is -3.47. The van der Waals surface area contributed by atoms with Crippen molar-refractivity contribution in [3.05, 3.63) is 71.7 Å². The number of anilines is 2. The van der Waals surface area contributed by atoms with Crippen LogP contribution in [0.2, 0.25) is 0 Å². The number of rotatable bonds is 9. The van der Waals surface area contributed by atoms with Crippen LogP contribution in [0.1, 0.15) is 12.6 Å². The summed E-state index contributed by atoms with van der Waals surface area (Å²) in [5, 5.41) is 10.3. The summed E-state index contributed by atoms with van der Waals surface area (Å²) >= 11 is 4.18. The first-order valence-corrected chi connectivity index (χ1v) is 13.9. The number of carbonyl (C=O) groups excluding carboxylic acids is 2. The van der Waals surface area contributed by atoms with Crippen molar-refractivity contribution in [1.82, 2.24) is 9.97 Å². The van der Waals surface area contributed by atoms with E-state index in [1.54, 1.807) is 0 Å². The second-order valence-electron chi connectivity index (χ2n) is 7.77. The molecule has 0 bridgehead atoms. The van der Waals surface area contributed by atoms with Crippen LogP contribution in [0, 0.1) is 0 Å². The topological polar surface area (TPSA) is 93.2 Å². The first-order valence-electron chi connectivity index (χ1n) is 11.3. The van der Waals surface area contributed by atoms with Gasteiger partial charge in [-0.25, -0.2) is 9.97 Å². The summed E-state index contributed by atoms with van der Waals surface area (Å²) in [6.07, 6.45) is 0.138. The van der Waals surface area contributed by atoms with Gasteiger partial charge < -0.3 is 15.4 Å². The Bertz CT molecular complexity index is 1540. The number of thiazole rings is 2. The third-order valence-electron chi connectivity index (χ3n) is 5.18. The molecule has 2 heterocycles. The van der Waals surface area contributed by atoms with Gasteiger partial charge in [0.05, 0.1) is 34.7 Å². The predicted octanol–water partition coefficient (Wildman–Crippen LogP) is 6.22. The van der Waals surface area contributed by atoms with E-state index >= 15 is 0 Å². The summed E-state index contributed by atoms with van der Waals surface area (Å²) in [6, 6.07) is 19.4. The lowest BCUT2D eigenvalue weighted by Gasteiger charge is -2.08. The lowest BCUT2D eigenvalue weighted by Crippen LogP contribution is -2.14. The third-order valence-corrected chi connectivity index (χ3v) is 8.18. The molecule has 0 aliphatic heterocycles. The molecule has 2 N–H and O–H groups in total. The Kier molecular flexibility index (Phi) is 7.45. The number of fused-ring (bicyclic) bond motifs is 2. The molecule has 7 nitrogen and oxygen atoms in total. The minimum Gasteiger partial charge on any atom is -0.494 e. The van der Waals surface area contributed by atoms with Crippen molar-refractivity contribution < 1.29 is 14.3 Å². The van der Waals surface area contributed by atoms with Gasteiger partial charge in [-0.05, 0) is 36.6 Å². The van der Waals surface area contributed by atoms with Crippen molar-refractivity contribution in [2.24, 2.45) is 0 Å².